The third-order valence-electron chi connectivity index (χ3n) is 6.09. The lowest BCUT2D eigenvalue weighted by atomic mass is 9.96. The summed E-state index contributed by atoms with van der Waals surface area (Å²) < 4.78 is 18.2. The van der Waals surface area contributed by atoms with Crippen molar-refractivity contribution in [3.05, 3.63) is 112 Å². The van der Waals surface area contributed by atoms with Crippen LogP contribution in [0.5, 0.6) is 0 Å². The van der Waals surface area contributed by atoms with Crippen molar-refractivity contribution >= 4 is 38.9 Å². The van der Waals surface area contributed by atoms with Crippen LogP contribution in [0.15, 0.2) is 83.5 Å². The summed E-state index contributed by atoms with van der Waals surface area (Å²) in [4.78, 5) is 6.48. The molecule has 3 heterocycles. The van der Waals surface area contributed by atoms with Crippen molar-refractivity contribution in [1.29, 1.82) is 0 Å². The fourth-order valence-corrected chi connectivity index (χ4v) is 5.47. The monoisotopic (exact) mass is 520 g/mol. The Morgan fingerprint density at radius 3 is 2.36 bits per heavy atom. The predicted molar refractivity (Wildman–Crippen MR) is 137 cm³/mol. The molecule has 0 aliphatic carbocycles. The molecule has 0 spiro atoms. The minimum atomic E-state index is -0.312. The van der Waals surface area contributed by atoms with Crippen molar-refractivity contribution in [1.82, 2.24) is 14.9 Å². The molecule has 1 aliphatic heterocycles. The topological polar surface area (TPSA) is 33.1 Å². The maximum Gasteiger partial charge on any atom is 0.174 e. The average molecular weight is 521 g/mol. The van der Waals surface area contributed by atoms with Gasteiger partial charge in [0.05, 0.1) is 29.2 Å². The van der Waals surface area contributed by atoms with E-state index in [1.54, 1.807) is 18.3 Å². The van der Waals surface area contributed by atoms with Crippen LogP contribution in [0.3, 0.4) is 0 Å². The molecule has 2 aromatic carbocycles. The predicted octanol–water partition coefficient (Wildman–Crippen LogP) is 6.57. The second-order valence-corrected chi connectivity index (χ2v) is 9.30. The van der Waals surface area contributed by atoms with Crippen molar-refractivity contribution in [2.45, 2.75) is 25.9 Å². The molecule has 33 heavy (non-hydrogen) atoms. The summed E-state index contributed by atoms with van der Waals surface area (Å²) in [5.41, 5.74) is 5.57. The molecule has 0 radical (unpaired) electrons. The Morgan fingerprint density at radius 1 is 0.970 bits per heavy atom. The standard InChI is InChI=1S/C26H22BrFN4S/c1-16-15-18(17(2)31(16)22-12-5-3-9-19(22)27)25-24(21-11-7-8-14-29-21)30-26(33)32(25)23-13-6-4-10-20(23)28/h3-15,24-25H,1-2H3,(H,30,33)/t24-,25+/m0/s1. The SMILES string of the molecule is Cc1cc([C@@H]2[C@H](c3ccccn3)NC(=S)N2c2ccccc2F)c(C)n1-c1ccccc1Br. The van der Waals surface area contributed by atoms with E-state index in [9.17, 15) is 4.39 Å². The van der Waals surface area contributed by atoms with E-state index < -0.39 is 0 Å². The van der Waals surface area contributed by atoms with Crippen LogP contribution >= 0.6 is 28.1 Å². The van der Waals surface area contributed by atoms with E-state index in [4.69, 9.17) is 12.2 Å². The number of hydrogen-bond donors (Lipinski definition) is 1. The van der Waals surface area contributed by atoms with Crippen LogP contribution in [0, 0.1) is 19.7 Å². The van der Waals surface area contributed by atoms with Crippen LogP contribution in [0.4, 0.5) is 10.1 Å². The Morgan fingerprint density at radius 2 is 1.67 bits per heavy atom. The van der Waals surface area contributed by atoms with E-state index in [0.717, 1.165) is 32.8 Å². The molecule has 4 aromatic rings. The largest absolute Gasteiger partial charge is 0.351 e. The summed E-state index contributed by atoms with van der Waals surface area (Å²) in [6, 6.07) is 22.4. The molecule has 0 amide bonds. The number of benzene rings is 2. The number of hydrogen-bond acceptors (Lipinski definition) is 2. The third kappa shape index (κ3) is 3.75. The number of nitrogens with one attached hydrogen (secondary N) is 1. The Hall–Kier alpha value is -3.03. The van der Waals surface area contributed by atoms with Gasteiger partial charge in [0, 0.05) is 22.1 Å². The zero-order chi connectivity index (χ0) is 23.1. The molecule has 0 saturated carbocycles. The number of thiocarbonyl (C=S) groups is 1. The van der Waals surface area contributed by atoms with Gasteiger partial charge in [0.25, 0.3) is 0 Å². The maximum atomic E-state index is 15.0. The first-order chi connectivity index (χ1) is 16.0. The van der Waals surface area contributed by atoms with Gasteiger partial charge in [-0.05, 0) is 90.0 Å². The van der Waals surface area contributed by atoms with Gasteiger partial charge in [-0.25, -0.2) is 4.39 Å². The summed E-state index contributed by atoms with van der Waals surface area (Å²) in [7, 11) is 0. The third-order valence-corrected chi connectivity index (χ3v) is 7.08. The zero-order valence-electron chi connectivity index (χ0n) is 18.2. The Bertz CT molecular complexity index is 1340. The second-order valence-electron chi connectivity index (χ2n) is 8.06. The van der Waals surface area contributed by atoms with E-state index >= 15 is 0 Å². The van der Waals surface area contributed by atoms with Crippen molar-refractivity contribution in [2.75, 3.05) is 4.90 Å². The summed E-state index contributed by atoms with van der Waals surface area (Å²) >= 11 is 9.43. The minimum Gasteiger partial charge on any atom is -0.351 e. The van der Waals surface area contributed by atoms with E-state index in [2.05, 4.69) is 56.8 Å². The number of para-hydroxylation sites is 2. The summed E-state index contributed by atoms with van der Waals surface area (Å²) in [6.45, 7) is 4.18. The molecular weight excluding hydrogens is 499 g/mol. The van der Waals surface area contributed by atoms with Gasteiger partial charge in [0.1, 0.15) is 5.82 Å². The van der Waals surface area contributed by atoms with Gasteiger partial charge in [-0.1, -0.05) is 30.3 Å². The quantitative estimate of drug-likeness (QED) is 0.308. The van der Waals surface area contributed by atoms with Gasteiger partial charge in [0.2, 0.25) is 0 Å². The van der Waals surface area contributed by atoms with Gasteiger partial charge < -0.3 is 14.8 Å². The Kier molecular flexibility index (Phi) is 5.76. The smallest absolute Gasteiger partial charge is 0.174 e. The van der Waals surface area contributed by atoms with Crippen molar-refractivity contribution in [3.8, 4) is 5.69 Å². The highest BCUT2D eigenvalue weighted by Gasteiger charge is 2.43. The number of anilines is 1. The van der Waals surface area contributed by atoms with Crippen molar-refractivity contribution < 1.29 is 4.39 Å². The van der Waals surface area contributed by atoms with Crippen LogP contribution < -0.4 is 10.2 Å². The molecule has 1 saturated heterocycles. The highest BCUT2D eigenvalue weighted by Crippen LogP contribution is 2.44. The van der Waals surface area contributed by atoms with Gasteiger partial charge in [-0.3, -0.25) is 4.98 Å². The van der Waals surface area contributed by atoms with Gasteiger partial charge in [0.15, 0.2) is 5.11 Å². The molecular formula is C26H22BrFN4S. The van der Waals surface area contributed by atoms with Gasteiger partial charge >= 0.3 is 0 Å². The van der Waals surface area contributed by atoms with E-state index in [1.165, 1.54) is 6.07 Å². The summed E-state index contributed by atoms with van der Waals surface area (Å²) in [5.74, 6) is -0.312. The molecule has 7 heteroatoms. The van der Waals surface area contributed by atoms with Gasteiger partial charge in [-0.15, -0.1) is 0 Å². The lowest BCUT2D eigenvalue weighted by molar-refractivity contribution is 0.556. The number of rotatable bonds is 4. The molecule has 1 fully saturated rings. The maximum absolute atomic E-state index is 15.0. The van der Waals surface area contributed by atoms with E-state index in [0.29, 0.717) is 10.8 Å². The summed E-state index contributed by atoms with van der Waals surface area (Å²) in [6.07, 6.45) is 1.77. The number of pyridine rings is 1. The fourth-order valence-electron chi connectivity index (χ4n) is 4.67. The van der Waals surface area contributed by atoms with E-state index in [1.807, 2.05) is 47.4 Å². The number of halogens is 2. The van der Waals surface area contributed by atoms with Crippen LogP contribution in [0.2, 0.25) is 0 Å². The minimum absolute atomic E-state index is 0.230. The molecule has 2 atom stereocenters. The molecule has 2 aromatic heterocycles. The first-order valence-corrected chi connectivity index (χ1v) is 11.9. The summed E-state index contributed by atoms with van der Waals surface area (Å²) in [5, 5.41) is 3.89. The molecule has 1 aliphatic rings. The molecule has 1 N–H and O–H groups in total. The first-order valence-electron chi connectivity index (χ1n) is 10.7. The number of aryl methyl sites for hydroxylation is 1. The zero-order valence-corrected chi connectivity index (χ0v) is 20.6. The van der Waals surface area contributed by atoms with Gasteiger partial charge in [-0.2, -0.15) is 0 Å². The van der Waals surface area contributed by atoms with E-state index in [-0.39, 0.29) is 17.9 Å². The lowest BCUT2D eigenvalue weighted by Crippen LogP contribution is -2.30. The first kappa shape index (κ1) is 21.8. The van der Waals surface area contributed by atoms with Crippen LogP contribution in [-0.2, 0) is 0 Å². The Labute approximate surface area is 206 Å². The van der Waals surface area contributed by atoms with Crippen molar-refractivity contribution in [3.63, 3.8) is 0 Å². The fraction of sp³-hybridized carbons (Fsp3) is 0.154. The lowest BCUT2D eigenvalue weighted by Gasteiger charge is -2.28. The molecule has 4 nitrogen and oxygen atoms in total. The van der Waals surface area contributed by atoms with Crippen molar-refractivity contribution in [2.24, 2.45) is 0 Å². The highest BCUT2D eigenvalue weighted by atomic mass is 79.9. The average Bonchev–Trinajstić information content (AvgIpc) is 3.30. The van der Waals surface area contributed by atoms with Crippen LogP contribution in [0.25, 0.3) is 5.69 Å². The number of nitrogens with zero attached hydrogens (tertiary/aromatic N) is 3. The molecule has 5 rings (SSSR count). The Balaban J connectivity index is 1.71. The normalized spacial score (nSPS) is 17.9. The van der Waals surface area contributed by atoms with Crippen LogP contribution in [-0.4, -0.2) is 14.7 Å². The number of aromatic nitrogens is 2. The molecule has 0 unspecified atom stereocenters. The molecule has 0 bridgehead atoms. The second kappa shape index (κ2) is 8.72. The highest BCUT2D eigenvalue weighted by molar-refractivity contribution is 9.10. The molecule has 166 valence electrons. The van der Waals surface area contributed by atoms with Crippen LogP contribution in [0.1, 0.15) is 34.7 Å².